The van der Waals surface area contributed by atoms with Gasteiger partial charge in [0.25, 0.3) is 0 Å². The number of fused-ring (bicyclic) bond motifs is 2. The highest BCUT2D eigenvalue weighted by molar-refractivity contribution is 6.08. The molecule has 0 radical (unpaired) electrons. The van der Waals surface area contributed by atoms with Gasteiger partial charge in [-0.2, -0.15) is 0 Å². The van der Waals surface area contributed by atoms with Gasteiger partial charge in [-0.15, -0.1) is 0 Å². The van der Waals surface area contributed by atoms with E-state index in [4.69, 9.17) is 0 Å². The average Bonchev–Trinajstić information content (AvgIpc) is 3.36. The van der Waals surface area contributed by atoms with E-state index in [1.54, 1.807) is 0 Å². The normalized spacial score (nSPS) is 11.7. The molecule has 1 aliphatic rings. The van der Waals surface area contributed by atoms with Crippen LogP contribution in [0.15, 0.2) is 243 Å². The second-order valence-corrected chi connectivity index (χ2v) is 16.2. The first kappa shape index (κ1) is 37.2. The fraction of sp³-hybridized carbons (Fsp3) is 0.0323. The summed E-state index contributed by atoms with van der Waals surface area (Å²) in [5.41, 5.74) is 25.7. The summed E-state index contributed by atoms with van der Waals surface area (Å²) in [4.78, 5) is 0. The van der Waals surface area contributed by atoms with Crippen LogP contribution in [0, 0.1) is 0 Å². The van der Waals surface area contributed by atoms with Crippen LogP contribution in [-0.2, 0) is 12.8 Å². The Balaban J connectivity index is 1.37. The summed E-state index contributed by atoms with van der Waals surface area (Å²) in [6, 6.07) is 89.1. The lowest BCUT2D eigenvalue weighted by Crippen LogP contribution is -2.17. The van der Waals surface area contributed by atoms with Crippen molar-refractivity contribution in [3.8, 4) is 89.0 Å². The summed E-state index contributed by atoms with van der Waals surface area (Å²) in [6.45, 7) is 0. The molecule has 0 spiro atoms. The van der Waals surface area contributed by atoms with Crippen LogP contribution in [0.1, 0.15) is 22.3 Å². The molecule has 10 aromatic rings. The minimum absolute atomic E-state index is 0.766. The van der Waals surface area contributed by atoms with Crippen molar-refractivity contribution >= 4 is 0 Å². The Morgan fingerprint density at radius 1 is 0.145 bits per heavy atom. The third-order valence-corrected chi connectivity index (χ3v) is 12.6. The maximum Gasteiger partial charge on any atom is -0.000684 e. The van der Waals surface area contributed by atoms with E-state index in [9.17, 15) is 0 Å². The molecule has 1 aliphatic carbocycles. The number of hydrogen-bond acceptors (Lipinski definition) is 0. The van der Waals surface area contributed by atoms with Crippen molar-refractivity contribution in [3.63, 3.8) is 0 Å². The minimum atomic E-state index is 0.766. The van der Waals surface area contributed by atoms with E-state index in [0.29, 0.717) is 0 Å². The Morgan fingerprint density at radius 3 is 0.419 bits per heavy atom. The second kappa shape index (κ2) is 16.3. The third kappa shape index (κ3) is 6.58. The molecular formula is C62H44. The zero-order chi connectivity index (χ0) is 41.2. The van der Waals surface area contributed by atoms with Gasteiger partial charge < -0.3 is 0 Å². The number of hydrogen-bond donors (Lipinski definition) is 0. The predicted molar refractivity (Wildman–Crippen MR) is 262 cm³/mol. The van der Waals surface area contributed by atoms with Crippen LogP contribution in [0.4, 0.5) is 0 Å². The topological polar surface area (TPSA) is 0 Å². The van der Waals surface area contributed by atoms with Gasteiger partial charge in [0.15, 0.2) is 0 Å². The molecule has 0 heterocycles. The molecule has 0 saturated heterocycles. The Kier molecular flexibility index (Phi) is 9.81. The Labute approximate surface area is 365 Å². The Bertz CT molecular complexity index is 2700. The molecule has 0 atom stereocenters. The molecule has 0 fully saturated rings. The van der Waals surface area contributed by atoms with Crippen LogP contribution in [0.2, 0.25) is 0 Å². The quantitative estimate of drug-likeness (QED) is 0.144. The van der Waals surface area contributed by atoms with E-state index in [2.05, 4.69) is 243 Å². The summed E-state index contributed by atoms with van der Waals surface area (Å²) in [7, 11) is 0. The van der Waals surface area contributed by atoms with Crippen LogP contribution >= 0.6 is 0 Å². The van der Waals surface area contributed by atoms with Crippen molar-refractivity contribution < 1.29 is 0 Å². The van der Waals surface area contributed by atoms with Crippen LogP contribution < -0.4 is 0 Å². The fourth-order valence-corrected chi connectivity index (χ4v) is 10.1. The molecule has 10 aromatic carbocycles. The van der Waals surface area contributed by atoms with Crippen LogP contribution in [0.3, 0.4) is 0 Å². The van der Waals surface area contributed by atoms with Crippen molar-refractivity contribution in [3.05, 3.63) is 265 Å². The fourth-order valence-electron chi connectivity index (χ4n) is 10.1. The first-order valence-electron chi connectivity index (χ1n) is 21.7. The summed E-state index contributed by atoms with van der Waals surface area (Å²) < 4.78 is 0. The SMILES string of the molecule is c1ccc(-c2c3c(c(-c4ccccc4)c(-c4ccccc4)c2-c2ccccc2)Cc2c(c(-c4ccccc4)c(-c4ccccc4)c(-c4ccccc4)c2-c2ccccc2)C3)cc1. The molecular weight excluding hydrogens is 745 g/mol. The molecule has 0 unspecified atom stereocenters. The van der Waals surface area contributed by atoms with Crippen molar-refractivity contribution in [1.82, 2.24) is 0 Å². The third-order valence-electron chi connectivity index (χ3n) is 12.6. The first-order chi connectivity index (χ1) is 30.8. The van der Waals surface area contributed by atoms with Gasteiger partial charge >= 0.3 is 0 Å². The summed E-state index contributed by atoms with van der Waals surface area (Å²) >= 11 is 0. The molecule has 0 nitrogen and oxygen atoms in total. The van der Waals surface area contributed by atoms with Gasteiger partial charge in [-0.1, -0.05) is 243 Å². The highest BCUT2D eigenvalue weighted by atomic mass is 14.4. The average molecular weight is 789 g/mol. The number of benzene rings is 10. The van der Waals surface area contributed by atoms with Gasteiger partial charge in [0.2, 0.25) is 0 Å². The lowest BCUT2D eigenvalue weighted by molar-refractivity contribution is 1.01. The Morgan fingerprint density at radius 2 is 0.274 bits per heavy atom. The van der Waals surface area contributed by atoms with Crippen molar-refractivity contribution in [1.29, 1.82) is 0 Å². The molecule has 292 valence electrons. The maximum atomic E-state index is 2.32. The second-order valence-electron chi connectivity index (χ2n) is 16.2. The minimum Gasteiger partial charge on any atom is -0.0622 e. The molecule has 11 rings (SSSR count). The van der Waals surface area contributed by atoms with E-state index in [-0.39, 0.29) is 0 Å². The van der Waals surface area contributed by atoms with E-state index in [0.717, 1.165) is 12.8 Å². The van der Waals surface area contributed by atoms with Crippen LogP contribution in [0.5, 0.6) is 0 Å². The van der Waals surface area contributed by atoms with Crippen molar-refractivity contribution in [2.24, 2.45) is 0 Å². The molecule has 0 saturated carbocycles. The highest BCUT2D eigenvalue weighted by Crippen LogP contribution is 2.57. The lowest BCUT2D eigenvalue weighted by Gasteiger charge is -2.35. The summed E-state index contributed by atoms with van der Waals surface area (Å²) in [5.74, 6) is 0. The van der Waals surface area contributed by atoms with E-state index < -0.39 is 0 Å². The zero-order valence-electron chi connectivity index (χ0n) is 34.5. The van der Waals surface area contributed by atoms with E-state index in [1.807, 2.05) is 0 Å². The van der Waals surface area contributed by atoms with Crippen LogP contribution in [0.25, 0.3) is 89.0 Å². The van der Waals surface area contributed by atoms with Crippen molar-refractivity contribution in [2.45, 2.75) is 12.8 Å². The van der Waals surface area contributed by atoms with Crippen LogP contribution in [-0.4, -0.2) is 0 Å². The van der Waals surface area contributed by atoms with Gasteiger partial charge in [-0.25, -0.2) is 0 Å². The monoisotopic (exact) mass is 788 g/mol. The summed E-state index contributed by atoms with van der Waals surface area (Å²) in [5, 5.41) is 0. The largest absolute Gasteiger partial charge is 0.0622 e. The van der Waals surface area contributed by atoms with Gasteiger partial charge in [-0.05, 0) is 124 Å². The molecule has 0 N–H and O–H groups in total. The molecule has 0 amide bonds. The zero-order valence-corrected chi connectivity index (χ0v) is 34.5. The number of rotatable bonds is 8. The highest BCUT2D eigenvalue weighted by Gasteiger charge is 2.35. The van der Waals surface area contributed by atoms with Gasteiger partial charge in [-0.3, -0.25) is 0 Å². The maximum absolute atomic E-state index is 2.32. The van der Waals surface area contributed by atoms with Gasteiger partial charge in [0.1, 0.15) is 0 Å². The van der Waals surface area contributed by atoms with Gasteiger partial charge in [0, 0.05) is 0 Å². The Hall–Kier alpha value is -7.80. The first-order valence-corrected chi connectivity index (χ1v) is 21.7. The summed E-state index contributed by atoms with van der Waals surface area (Å²) in [6.07, 6.45) is 1.53. The van der Waals surface area contributed by atoms with E-state index >= 15 is 0 Å². The standard InChI is InChI=1S/C62H44/c1-9-25-43(26-10-1)55-51-41-53-54(42-52(51)56(44-27-11-2-12-28-44)60(48-35-19-6-20-36-48)59(55)47-33-17-5-18-34-47)58(46-31-15-4-16-32-46)62(50-39-23-8-24-40-50)61(49-37-21-7-22-38-49)57(53)45-29-13-3-14-30-45/h1-40H,41-42H2. The molecule has 0 heteroatoms. The molecule has 0 aromatic heterocycles. The van der Waals surface area contributed by atoms with Gasteiger partial charge in [0.05, 0.1) is 0 Å². The van der Waals surface area contributed by atoms with Crippen molar-refractivity contribution in [2.75, 3.05) is 0 Å². The molecule has 0 aliphatic heterocycles. The molecule has 0 bridgehead atoms. The smallest absolute Gasteiger partial charge is 0.000684 e. The predicted octanol–water partition coefficient (Wildman–Crippen LogP) is 16.5. The molecule has 62 heavy (non-hydrogen) atoms. The lowest BCUT2D eigenvalue weighted by atomic mass is 9.68. The van der Waals surface area contributed by atoms with E-state index in [1.165, 1.54) is 111 Å².